The molecule has 8 heteroatoms. The Labute approximate surface area is 213 Å². The molecule has 36 heavy (non-hydrogen) atoms. The summed E-state index contributed by atoms with van der Waals surface area (Å²) in [5.41, 5.74) is 11.9. The largest absolute Gasteiger partial charge is 0.342 e. The van der Waals surface area contributed by atoms with E-state index >= 15 is 0 Å². The van der Waals surface area contributed by atoms with Crippen molar-refractivity contribution in [3.8, 4) is 0 Å². The van der Waals surface area contributed by atoms with Crippen LogP contribution >= 0.6 is 11.8 Å². The number of H-pyrrole nitrogens is 2. The topological polar surface area (TPSA) is 104 Å². The summed E-state index contributed by atoms with van der Waals surface area (Å²) in [6, 6.07) is 17.2. The van der Waals surface area contributed by atoms with E-state index in [1.54, 1.807) is 11.8 Å². The molecule has 3 heterocycles. The van der Waals surface area contributed by atoms with Crippen molar-refractivity contribution in [3.63, 3.8) is 0 Å². The molecule has 1 atom stereocenters. The number of aromatic amines is 2. The van der Waals surface area contributed by atoms with Crippen LogP contribution in [0.2, 0.25) is 0 Å². The maximum Gasteiger partial charge on any atom is 0.263 e. The van der Waals surface area contributed by atoms with E-state index in [2.05, 4.69) is 56.7 Å². The first kappa shape index (κ1) is 22.1. The summed E-state index contributed by atoms with van der Waals surface area (Å²) in [7, 11) is 0. The van der Waals surface area contributed by atoms with Crippen molar-refractivity contribution >= 4 is 28.7 Å². The van der Waals surface area contributed by atoms with Crippen molar-refractivity contribution in [1.82, 2.24) is 20.2 Å². The molecule has 1 saturated heterocycles. The second-order valence-corrected chi connectivity index (χ2v) is 11.6. The zero-order valence-corrected chi connectivity index (χ0v) is 21.2. The van der Waals surface area contributed by atoms with Gasteiger partial charge < -0.3 is 10.6 Å². The van der Waals surface area contributed by atoms with Crippen molar-refractivity contribution in [1.29, 1.82) is 0 Å². The van der Waals surface area contributed by atoms with Crippen LogP contribution in [0.5, 0.6) is 0 Å². The van der Waals surface area contributed by atoms with Crippen LogP contribution in [0.1, 0.15) is 54.1 Å². The van der Waals surface area contributed by atoms with E-state index < -0.39 is 0 Å². The Balaban J connectivity index is 1.15. The van der Waals surface area contributed by atoms with E-state index in [0.717, 1.165) is 50.9 Å². The number of hydrogen-bond donors (Lipinski definition) is 3. The SMILES string of the molecule is CSc1ccc2c(c1)[C@@H](N)C1(CCN(c3nc4[nH]nc(C5(c6ccccc6)CC5)c4c(=O)[nH]3)CC1)C2. The number of nitrogens with zero attached hydrogens (tertiary/aromatic N) is 3. The Morgan fingerprint density at radius 3 is 2.58 bits per heavy atom. The fraction of sp³-hybridized carbons (Fsp3) is 0.393. The number of fused-ring (bicyclic) bond motifs is 2. The molecule has 3 aliphatic rings. The van der Waals surface area contributed by atoms with E-state index in [1.807, 2.05) is 18.2 Å². The zero-order valence-electron chi connectivity index (χ0n) is 20.4. The van der Waals surface area contributed by atoms with Crippen LogP contribution in [0.4, 0.5) is 5.95 Å². The van der Waals surface area contributed by atoms with Gasteiger partial charge in [0.2, 0.25) is 5.95 Å². The highest BCUT2D eigenvalue weighted by Gasteiger charge is 2.50. The van der Waals surface area contributed by atoms with Crippen molar-refractivity contribution in [2.24, 2.45) is 11.1 Å². The van der Waals surface area contributed by atoms with Crippen molar-refractivity contribution < 1.29 is 0 Å². The van der Waals surface area contributed by atoms with Crippen LogP contribution in [-0.2, 0) is 11.8 Å². The molecule has 0 bridgehead atoms. The second-order valence-electron chi connectivity index (χ2n) is 10.7. The molecule has 4 N–H and O–H groups in total. The quantitative estimate of drug-likeness (QED) is 0.363. The minimum atomic E-state index is -0.184. The van der Waals surface area contributed by atoms with E-state index in [0.29, 0.717) is 17.0 Å². The van der Waals surface area contributed by atoms with Gasteiger partial charge in [-0.05, 0) is 72.6 Å². The number of nitrogens with two attached hydrogens (primary N) is 1. The number of nitrogens with one attached hydrogen (secondary N) is 2. The van der Waals surface area contributed by atoms with Gasteiger partial charge in [-0.3, -0.25) is 14.9 Å². The molecule has 2 fully saturated rings. The Morgan fingerprint density at radius 1 is 1.08 bits per heavy atom. The van der Waals surface area contributed by atoms with Crippen LogP contribution in [0.15, 0.2) is 58.2 Å². The fourth-order valence-electron chi connectivity index (χ4n) is 6.59. The smallest absolute Gasteiger partial charge is 0.263 e. The van der Waals surface area contributed by atoms with Gasteiger partial charge in [-0.25, -0.2) is 0 Å². The molecule has 1 aliphatic heterocycles. The molecular formula is C28H30N6OS. The molecular weight excluding hydrogens is 468 g/mol. The fourth-order valence-corrected chi connectivity index (χ4v) is 7.04. The predicted octanol–water partition coefficient (Wildman–Crippen LogP) is 4.29. The third kappa shape index (κ3) is 3.20. The van der Waals surface area contributed by atoms with Gasteiger partial charge in [0, 0.05) is 29.4 Å². The van der Waals surface area contributed by atoms with Gasteiger partial charge in [-0.1, -0.05) is 36.4 Å². The lowest BCUT2D eigenvalue weighted by Crippen LogP contribution is -2.45. The lowest BCUT2D eigenvalue weighted by atomic mass is 9.73. The monoisotopic (exact) mass is 498 g/mol. The number of rotatable bonds is 4. The molecule has 2 aromatic heterocycles. The van der Waals surface area contributed by atoms with E-state index in [1.165, 1.54) is 21.6 Å². The van der Waals surface area contributed by atoms with Gasteiger partial charge in [0.1, 0.15) is 5.39 Å². The standard InChI is InChI=1S/C28H30N6OS/c1-36-19-8-7-17-16-27(22(29)20(17)15-19)11-13-34(14-12-27)26-30-24-21(25(35)31-26)23(32-33-24)28(9-10-28)18-5-3-2-4-6-18/h2-8,15,22H,9-14,16,29H2,1H3,(H2,30,31,32,33,35)/t22-/m1/s1. The van der Waals surface area contributed by atoms with E-state index in [-0.39, 0.29) is 22.4 Å². The third-order valence-electron chi connectivity index (χ3n) is 8.90. The number of piperidine rings is 1. The van der Waals surface area contributed by atoms with Crippen LogP contribution in [0.3, 0.4) is 0 Å². The van der Waals surface area contributed by atoms with Crippen LogP contribution in [0.25, 0.3) is 11.0 Å². The van der Waals surface area contributed by atoms with E-state index in [4.69, 9.17) is 10.7 Å². The van der Waals surface area contributed by atoms with Gasteiger partial charge in [-0.15, -0.1) is 11.8 Å². The van der Waals surface area contributed by atoms with Crippen LogP contribution in [0, 0.1) is 5.41 Å². The maximum absolute atomic E-state index is 13.3. The maximum atomic E-state index is 13.3. The molecule has 7 nitrogen and oxygen atoms in total. The molecule has 0 radical (unpaired) electrons. The number of aromatic nitrogens is 4. The molecule has 0 unspecified atom stereocenters. The molecule has 4 aromatic rings. The molecule has 1 spiro atoms. The molecule has 1 saturated carbocycles. The predicted molar refractivity (Wildman–Crippen MR) is 144 cm³/mol. The lowest BCUT2D eigenvalue weighted by molar-refractivity contribution is 0.187. The van der Waals surface area contributed by atoms with Crippen molar-refractivity contribution in [2.75, 3.05) is 24.2 Å². The minimum absolute atomic E-state index is 0.0547. The summed E-state index contributed by atoms with van der Waals surface area (Å²) in [6.45, 7) is 1.64. The first-order valence-electron chi connectivity index (χ1n) is 12.7. The first-order valence-corrected chi connectivity index (χ1v) is 14.0. The summed E-state index contributed by atoms with van der Waals surface area (Å²) >= 11 is 1.76. The van der Waals surface area contributed by atoms with Gasteiger partial charge in [0.25, 0.3) is 5.56 Å². The molecule has 2 aromatic carbocycles. The van der Waals surface area contributed by atoms with Gasteiger partial charge in [0.15, 0.2) is 5.65 Å². The summed E-state index contributed by atoms with van der Waals surface area (Å²) < 4.78 is 0. The molecule has 0 amide bonds. The van der Waals surface area contributed by atoms with Crippen LogP contribution in [-0.4, -0.2) is 39.5 Å². The summed E-state index contributed by atoms with van der Waals surface area (Å²) in [5, 5.41) is 8.28. The summed E-state index contributed by atoms with van der Waals surface area (Å²) in [5.74, 6) is 0.621. The van der Waals surface area contributed by atoms with Crippen LogP contribution < -0.4 is 16.2 Å². The number of anilines is 1. The third-order valence-corrected chi connectivity index (χ3v) is 9.62. The number of benzene rings is 2. The lowest BCUT2D eigenvalue weighted by Gasteiger charge is -2.42. The Hall–Kier alpha value is -3.10. The zero-order chi connectivity index (χ0) is 24.5. The van der Waals surface area contributed by atoms with Gasteiger partial charge >= 0.3 is 0 Å². The van der Waals surface area contributed by atoms with Gasteiger partial charge in [-0.2, -0.15) is 10.1 Å². The average molecular weight is 499 g/mol. The molecule has 2 aliphatic carbocycles. The normalized spacial score (nSPS) is 21.7. The Bertz CT molecular complexity index is 1510. The van der Waals surface area contributed by atoms with Gasteiger partial charge in [0.05, 0.1) is 5.69 Å². The van der Waals surface area contributed by atoms with Crippen molar-refractivity contribution in [2.45, 2.75) is 48.5 Å². The van der Waals surface area contributed by atoms with Crippen molar-refractivity contribution in [3.05, 3.63) is 81.3 Å². The summed E-state index contributed by atoms with van der Waals surface area (Å²) in [6.07, 6.45) is 7.08. The second kappa shape index (κ2) is 7.95. The molecule has 184 valence electrons. The highest BCUT2D eigenvalue weighted by atomic mass is 32.2. The Morgan fingerprint density at radius 2 is 1.86 bits per heavy atom. The first-order chi connectivity index (χ1) is 17.5. The minimum Gasteiger partial charge on any atom is -0.342 e. The summed E-state index contributed by atoms with van der Waals surface area (Å²) in [4.78, 5) is 24.7. The average Bonchev–Trinajstić information content (AvgIpc) is 3.53. The highest BCUT2D eigenvalue weighted by Crippen LogP contribution is 2.54. The number of thioether (sulfide) groups is 1. The highest BCUT2D eigenvalue weighted by molar-refractivity contribution is 7.98. The Kier molecular flexibility index (Phi) is 4.89. The molecule has 7 rings (SSSR count). The van der Waals surface area contributed by atoms with E-state index in [9.17, 15) is 4.79 Å². The number of hydrogen-bond acceptors (Lipinski definition) is 6.